The Balaban J connectivity index is 2.12. The van der Waals surface area contributed by atoms with Gasteiger partial charge < -0.3 is 10.4 Å². The summed E-state index contributed by atoms with van der Waals surface area (Å²) in [6.07, 6.45) is 2.09. The Morgan fingerprint density at radius 2 is 2.35 bits per heavy atom. The summed E-state index contributed by atoms with van der Waals surface area (Å²) in [6, 6.07) is 5.38. The van der Waals surface area contributed by atoms with Crippen molar-refractivity contribution in [3.8, 4) is 5.75 Å². The zero-order valence-electron chi connectivity index (χ0n) is 10.2. The van der Waals surface area contributed by atoms with Crippen LogP contribution < -0.4 is 5.32 Å². The SMILES string of the molecule is CC(F)c1cccc(CC2CCCNC2)c1O. The van der Waals surface area contributed by atoms with Gasteiger partial charge in [0.05, 0.1) is 0 Å². The molecule has 1 aliphatic heterocycles. The number of nitrogens with one attached hydrogen (secondary N) is 1. The van der Waals surface area contributed by atoms with Gasteiger partial charge in [-0.25, -0.2) is 4.39 Å². The fraction of sp³-hybridized carbons (Fsp3) is 0.571. The summed E-state index contributed by atoms with van der Waals surface area (Å²) in [5.41, 5.74) is 1.28. The van der Waals surface area contributed by atoms with Crippen LogP contribution >= 0.6 is 0 Å². The fourth-order valence-corrected chi connectivity index (χ4v) is 2.51. The average molecular weight is 237 g/mol. The first-order chi connectivity index (χ1) is 8.18. The number of phenolic OH excluding ortho intramolecular Hbond substituents is 1. The number of alkyl halides is 1. The second-order valence-corrected chi connectivity index (χ2v) is 4.89. The molecule has 0 aromatic heterocycles. The van der Waals surface area contributed by atoms with Crippen molar-refractivity contribution in [3.05, 3.63) is 29.3 Å². The van der Waals surface area contributed by atoms with Crippen LogP contribution in [-0.4, -0.2) is 18.2 Å². The molecule has 1 saturated heterocycles. The maximum atomic E-state index is 13.3. The van der Waals surface area contributed by atoms with Gasteiger partial charge in [-0.1, -0.05) is 18.2 Å². The van der Waals surface area contributed by atoms with Crippen LogP contribution in [0.1, 0.15) is 37.1 Å². The third-order valence-electron chi connectivity index (χ3n) is 3.49. The average Bonchev–Trinajstić information content (AvgIpc) is 2.33. The van der Waals surface area contributed by atoms with Gasteiger partial charge in [0.1, 0.15) is 11.9 Å². The molecule has 0 bridgehead atoms. The molecule has 1 aliphatic rings. The van der Waals surface area contributed by atoms with E-state index in [9.17, 15) is 9.50 Å². The van der Waals surface area contributed by atoms with Crippen molar-refractivity contribution in [1.82, 2.24) is 5.32 Å². The standard InChI is InChI=1S/C14H20FNO/c1-10(15)13-6-2-5-12(14(13)17)8-11-4-3-7-16-9-11/h2,5-6,10-11,16-17H,3-4,7-9H2,1H3. The Morgan fingerprint density at radius 1 is 1.53 bits per heavy atom. The molecule has 0 aliphatic carbocycles. The second-order valence-electron chi connectivity index (χ2n) is 4.89. The van der Waals surface area contributed by atoms with Crippen molar-refractivity contribution >= 4 is 0 Å². The van der Waals surface area contributed by atoms with Crippen molar-refractivity contribution in [2.24, 2.45) is 5.92 Å². The van der Waals surface area contributed by atoms with E-state index in [0.29, 0.717) is 11.5 Å². The number of rotatable bonds is 3. The molecular formula is C14H20FNO. The monoisotopic (exact) mass is 237 g/mol. The Morgan fingerprint density at radius 3 is 3.00 bits per heavy atom. The first-order valence-electron chi connectivity index (χ1n) is 6.34. The number of phenols is 1. The maximum Gasteiger partial charge on any atom is 0.126 e. The highest BCUT2D eigenvalue weighted by atomic mass is 19.1. The zero-order valence-corrected chi connectivity index (χ0v) is 10.2. The van der Waals surface area contributed by atoms with Gasteiger partial charge in [-0.3, -0.25) is 0 Å². The molecule has 1 heterocycles. The van der Waals surface area contributed by atoms with Crippen molar-refractivity contribution in [3.63, 3.8) is 0 Å². The highest BCUT2D eigenvalue weighted by Gasteiger charge is 2.17. The minimum Gasteiger partial charge on any atom is -0.507 e. The van der Waals surface area contributed by atoms with Crippen LogP contribution in [0.25, 0.3) is 0 Å². The Kier molecular flexibility index (Phi) is 4.00. The number of benzene rings is 1. The molecule has 1 aromatic rings. The van der Waals surface area contributed by atoms with E-state index in [4.69, 9.17) is 0 Å². The molecule has 2 atom stereocenters. The Hall–Kier alpha value is -1.09. The van der Waals surface area contributed by atoms with Gasteiger partial charge in [-0.15, -0.1) is 0 Å². The molecule has 0 radical (unpaired) electrons. The van der Waals surface area contributed by atoms with Crippen LogP contribution in [0, 0.1) is 5.92 Å². The molecule has 94 valence electrons. The molecular weight excluding hydrogens is 217 g/mol. The molecule has 17 heavy (non-hydrogen) atoms. The molecule has 0 saturated carbocycles. The smallest absolute Gasteiger partial charge is 0.126 e. The molecule has 2 N–H and O–H groups in total. The van der Waals surface area contributed by atoms with Crippen LogP contribution in [0.15, 0.2) is 18.2 Å². The summed E-state index contributed by atoms with van der Waals surface area (Å²) in [5, 5.41) is 13.4. The molecule has 3 heteroatoms. The third-order valence-corrected chi connectivity index (χ3v) is 3.49. The lowest BCUT2D eigenvalue weighted by Crippen LogP contribution is -2.30. The first-order valence-corrected chi connectivity index (χ1v) is 6.34. The predicted octanol–water partition coefficient (Wildman–Crippen LogP) is 2.96. The van der Waals surface area contributed by atoms with Crippen molar-refractivity contribution < 1.29 is 9.50 Å². The van der Waals surface area contributed by atoms with Gasteiger partial charge >= 0.3 is 0 Å². The number of hydrogen-bond acceptors (Lipinski definition) is 2. The lowest BCUT2D eigenvalue weighted by Gasteiger charge is -2.23. The molecule has 2 rings (SSSR count). The largest absolute Gasteiger partial charge is 0.507 e. The summed E-state index contributed by atoms with van der Waals surface area (Å²) in [7, 11) is 0. The lowest BCUT2D eigenvalue weighted by atomic mass is 9.91. The second kappa shape index (κ2) is 5.50. The van der Waals surface area contributed by atoms with E-state index < -0.39 is 6.17 Å². The molecule has 0 spiro atoms. The fourth-order valence-electron chi connectivity index (χ4n) is 2.51. The van der Waals surface area contributed by atoms with E-state index >= 15 is 0 Å². The molecule has 1 aromatic carbocycles. The van der Waals surface area contributed by atoms with Gasteiger partial charge in [0.2, 0.25) is 0 Å². The number of aromatic hydroxyl groups is 1. The van der Waals surface area contributed by atoms with Gasteiger partial charge in [0.15, 0.2) is 0 Å². The maximum absolute atomic E-state index is 13.3. The minimum absolute atomic E-state index is 0.146. The quantitative estimate of drug-likeness (QED) is 0.847. The highest BCUT2D eigenvalue weighted by Crippen LogP contribution is 2.31. The number of piperidine rings is 1. The van der Waals surface area contributed by atoms with Gasteiger partial charge in [-0.2, -0.15) is 0 Å². The van der Waals surface area contributed by atoms with Crippen molar-refractivity contribution in [2.45, 2.75) is 32.4 Å². The topological polar surface area (TPSA) is 32.3 Å². The van der Waals surface area contributed by atoms with E-state index in [-0.39, 0.29) is 5.75 Å². The number of para-hydroxylation sites is 1. The highest BCUT2D eigenvalue weighted by molar-refractivity contribution is 5.41. The summed E-state index contributed by atoms with van der Waals surface area (Å²) >= 11 is 0. The predicted molar refractivity (Wildman–Crippen MR) is 66.9 cm³/mol. The number of hydrogen-bond donors (Lipinski definition) is 2. The normalized spacial score (nSPS) is 22.4. The summed E-state index contributed by atoms with van der Waals surface area (Å²) in [4.78, 5) is 0. The van der Waals surface area contributed by atoms with E-state index in [1.165, 1.54) is 19.8 Å². The summed E-state index contributed by atoms with van der Waals surface area (Å²) in [6.45, 7) is 3.54. The molecule has 2 nitrogen and oxygen atoms in total. The Labute approximate surface area is 102 Å². The van der Waals surface area contributed by atoms with Gasteiger partial charge in [-0.05, 0) is 50.8 Å². The van der Waals surface area contributed by atoms with E-state index in [1.807, 2.05) is 12.1 Å². The van der Waals surface area contributed by atoms with Crippen LogP contribution in [0.4, 0.5) is 4.39 Å². The lowest BCUT2D eigenvalue weighted by molar-refractivity contribution is 0.347. The minimum atomic E-state index is -1.11. The van der Waals surface area contributed by atoms with E-state index in [2.05, 4.69) is 5.32 Å². The van der Waals surface area contributed by atoms with Crippen LogP contribution in [0.2, 0.25) is 0 Å². The molecule has 0 amide bonds. The number of halogens is 1. The third kappa shape index (κ3) is 2.97. The van der Waals surface area contributed by atoms with Crippen LogP contribution in [-0.2, 0) is 6.42 Å². The van der Waals surface area contributed by atoms with Crippen molar-refractivity contribution in [2.75, 3.05) is 13.1 Å². The Bertz CT molecular complexity index is 372. The van der Waals surface area contributed by atoms with E-state index in [0.717, 1.165) is 25.1 Å². The van der Waals surface area contributed by atoms with E-state index in [1.54, 1.807) is 6.07 Å². The van der Waals surface area contributed by atoms with Crippen LogP contribution in [0.5, 0.6) is 5.75 Å². The van der Waals surface area contributed by atoms with Crippen molar-refractivity contribution in [1.29, 1.82) is 0 Å². The zero-order chi connectivity index (χ0) is 12.3. The molecule has 1 fully saturated rings. The summed E-state index contributed by atoms with van der Waals surface area (Å²) in [5.74, 6) is 0.702. The van der Waals surface area contributed by atoms with Crippen LogP contribution in [0.3, 0.4) is 0 Å². The van der Waals surface area contributed by atoms with Gasteiger partial charge in [0, 0.05) is 5.56 Å². The first kappa shape index (κ1) is 12.4. The van der Waals surface area contributed by atoms with Gasteiger partial charge in [0.25, 0.3) is 0 Å². The molecule has 2 unspecified atom stereocenters. The summed E-state index contributed by atoms with van der Waals surface area (Å²) < 4.78 is 13.3.